The predicted octanol–water partition coefficient (Wildman–Crippen LogP) is 3.98. The van der Waals surface area contributed by atoms with E-state index in [2.05, 4.69) is 10.2 Å². The van der Waals surface area contributed by atoms with E-state index in [0.29, 0.717) is 54.2 Å². The lowest BCUT2D eigenvalue weighted by Gasteiger charge is -2.34. The van der Waals surface area contributed by atoms with E-state index in [9.17, 15) is 8.42 Å². The molecule has 0 saturated carbocycles. The van der Waals surface area contributed by atoms with Crippen molar-refractivity contribution in [2.75, 3.05) is 45.3 Å². The third kappa shape index (κ3) is 4.86. The number of piperazine rings is 1. The summed E-state index contributed by atoms with van der Waals surface area (Å²) in [7, 11) is -0.467. The number of sulfonamides is 1. The van der Waals surface area contributed by atoms with Crippen LogP contribution in [0.5, 0.6) is 11.5 Å². The van der Waals surface area contributed by atoms with Crippen molar-refractivity contribution < 1.29 is 17.9 Å². The van der Waals surface area contributed by atoms with Gasteiger partial charge in [0.25, 0.3) is 0 Å². The Morgan fingerprint density at radius 2 is 1.61 bits per heavy atom. The second-order valence-corrected chi connectivity index (χ2v) is 10.1. The largest absolute Gasteiger partial charge is 0.497 e. The highest BCUT2D eigenvalue weighted by Crippen LogP contribution is 2.32. The number of hydrogen-bond donors (Lipinski definition) is 0. The molecule has 1 fully saturated rings. The molecule has 2 heterocycles. The Morgan fingerprint density at radius 1 is 0.848 bits per heavy atom. The minimum atomic E-state index is -3.66. The van der Waals surface area contributed by atoms with Gasteiger partial charge in [-0.1, -0.05) is 23.2 Å². The molecule has 2 aromatic carbocycles. The van der Waals surface area contributed by atoms with Gasteiger partial charge in [0.1, 0.15) is 11.5 Å². The zero-order valence-electron chi connectivity index (χ0n) is 18.0. The van der Waals surface area contributed by atoms with Crippen LogP contribution in [0.15, 0.2) is 53.4 Å². The Morgan fingerprint density at radius 3 is 2.21 bits per heavy atom. The molecule has 1 aromatic heterocycles. The Bertz CT molecular complexity index is 1250. The molecule has 0 bridgehead atoms. The highest BCUT2D eigenvalue weighted by Gasteiger charge is 2.29. The van der Waals surface area contributed by atoms with Gasteiger partial charge in [-0.25, -0.2) is 8.42 Å². The second-order valence-electron chi connectivity index (χ2n) is 7.31. The van der Waals surface area contributed by atoms with E-state index in [1.807, 2.05) is 35.2 Å². The normalized spacial score (nSPS) is 14.8. The summed E-state index contributed by atoms with van der Waals surface area (Å²) < 4.78 is 38.1. The molecule has 0 radical (unpaired) electrons. The molecule has 1 aliphatic heterocycles. The van der Waals surface area contributed by atoms with Crippen molar-refractivity contribution in [2.45, 2.75) is 4.90 Å². The predicted molar refractivity (Wildman–Crippen MR) is 128 cm³/mol. The number of hydrogen-bond acceptors (Lipinski definition) is 7. The Kier molecular flexibility index (Phi) is 6.94. The minimum Gasteiger partial charge on any atom is -0.497 e. The molecular weight excluding hydrogens is 487 g/mol. The van der Waals surface area contributed by atoms with Crippen LogP contribution >= 0.6 is 23.2 Å². The zero-order valence-corrected chi connectivity index (χ0v) is 20.4. The zero-order chi connectivity index (χ0) is 23.6. The molecule has 0 N–H and O–H groups in total. The van der Waals surface area contributed by atoms with Crippen LogP contribution in [-0.2, 0) is 10.0 Å². The molecule has 33 heavy (non-hydrogen) atoms. The third-order valence-corrected chi connectivity index (χ3v) is 8.06. The summed E-state index contributed by atoms with van der Waals surface area (Å²) in [6, 6.07) is 13.5. The van der Waals surface area contributed by atoms with E-state index < -0.39 is 10.0 Å². The monoisotopic (exact) mass is 508 g/mol. The first-order valence-corrected chi connectivity index (χ1v) is 12.3. The summed E-state index contributed by atoms with van der Waals surface area (Å²) in [5, 5.41) is 9.23. The third-order valence-electron chi connectivity index (χ3n) is 5.42. The van der Waals surface area contributed by atoms with Crippen LogP contribution in [0.2, 0.25) is 10.0 Å². The van der Waals surface area contributed by atoms with Gasteiger partial charge in [-0.2, -0.15) is 4.31 Å². The Hall–Kier alpha value is -2.59. The number of halogens is 2. The maximum atomic E-state index is 13.0. The molecule has 0 amide bonds. The van der Waals surface area contributed by atoms with Gasteiger partial charge >= 0.3 is 0 Å². The van der Waals surface area contributed by atoms with Gasteiger partial charge in [-0.15, -0.1) is 10.2 Å². The first kappa shape index (κ1) is 23.6. The molecule has 4 rings (SSSR count). The minimum absolute atomic E-state index is 0.127. The summed E-state index contributed by atoms with van der Waals surface area (Å²) in [5.74, 6) is 2.03. The Labute approximate surface area is 202 Å². The first-order chi connectivity index (χ1) is 15.8. The van der Waals surface area contributed by atoms with Gasteiger partial charge < -0.3 is 14.4 Å². The fourth-order valence-electron chi connectivity index (χ4n) is 3.60. The van der Waals surface area contributed by atoms with Crippen molar-refractivity contribution in [3.63, 3.8) is 0 Å². The number of benzene rings is 2. The molecule has 0 spiro atoms. The highest BCUT2D eigenvalue weighted by molar-refractivity contribution is 7.89. The number of nitrogens with zero attached hydrogens (tertiary/aromatic N) is 4. The van der Waals surface area contributed by atoms with E-state index >= 15 is 0 Å². The van der Waals surface area contributed by atoms with Gasteiger partial charge in [0.15, 0.2) is 5.82 Å². The van der Waals surface area contributed by atoms with E-state index in [0.717, 1.165) is 5.56 Å². The Balaban J connectivity index is 1.47. The maximum absolute atomic E-state index is 13.0. The summed E-state index contributed by atoms with van der Waals surface area (Å²) in [4.78, 5) is 2.13. The number of methoxy groups -OCH3 is 2. The van der Waals surface area contributed by atoms with Gasteiger partial charge in [-0.05, 0) is 48.5 Å². The molecule has 11 heteroatoms. The molecular formula is C22H22Cl2N4O4S. The topological polar surface area (TPSA) is 84.9 Å². The average molecular weight is 509 g/mol. The van der Waals surface area contributed by atoms with Crippen LogP contribution in [-0.4, -0.2) is 63.3 Å². The van der Waals surface area contributed by atoms with Crippen LogP contribution in [0.25, 0.3) is 11.3 Å². The molecule has 0 aliphatic carbocycles. The number of anilines is 1. The van der Waals surface area contributed by atoms with Gasteiger partial charge in [0.2, 0.25) is 10.0 Å². The van der Waals surface area contributed by atoms with Crippen molar-refractivity contribution >= 4 is 39.0 Å². The summed E-state index contributed by atoms with van der Waals surface area (Å²) in [5.41, 5.74) is 1.42. The van der Waals surface area contributed by atoms with Crippen molar-refractivity contribution in [2.24, 2.45) is 0 Å². The smallest absolute Gasteiger partial charge is 0.243 e. The SMILES string of the molecule is COc1ccc(OC)c(-c2ccc(N3CCN(S(=O)(=O)c4ccc(Cl)c(Cl)c4)CC3)nn2)c1. The number of aromatic nitrogens is 2. The molecule has 0 unspecified atom stereocenters. The lowest BCUT2D eigenvalue weighted by atomic mass is 10.1. The highest BCUT2D eigenvalue weighted by atomic mass is 35.5. The van der Waals surface area contributed by atoms with Crippen LogP contribution in [0.3, 0.4) is 0 Å². The first-order valence-electron chi connectivity index (χ1n) is 10.1. The molecule has 3 aromatic rings. The van der Waals surface area contributed by atoms with E-state index in [-0.39, 0.29) is 9.92 Å². The maximum Gasteiger partial charge on any atom is 0.243 e. The van der Waals surface area contributed by atoms with Crippen molar-refractivity contribution in [1.82, 2.24) is 14.5 Å². The summed E-state index contributed by atoms with van der Waals surface area (Å²) in [6.45, 7) is 1.60. The molecule has 1 saturated heterocycles. The number of rotatable bonds is 6. The molecule has 174 valence electrons. The molecule has 8 nitrogen and oxygen atoms in total. The molecule has 1 aliphatic rings. The fraction of sp³-hybridized carbons (Fsp3) is 0.273. The lowest BCUT2D eigenvalue weighted by molar-refractivity contribution is 0.383. The fourth-order valence-corrected chi connectivity index (χ4v) is 5.41. The van der Waals surface area contributed by atoms with Gasteiger partial charge in [-0.3, -0.25) is 0 Å². The average Bonchev–Trinajstić information content (AvgIpc) is 2.85. The quantitative estimate of drug-likeness (QED) is 0.497. The van der Waals surface area contributed by atoms with Crippen molar-refractivity contribution in [3.05, 3.63) is 58.6 Å². The van der Waals surface area contributed by atoms with Crippen molar-refractivity contribution in [1.29, 1.82) is 0 Å². The van der Waals surface area contributed by atoms with Crippen LogP contribution in [0, 0.1) is 0 Å². The van der Waals surface area contributed by atoms with Gasteiger partial charge in [0.05, 0.1) is 34.9 Å². The van der Waals surface area contributed by atoms with E-state index in [1.165, 1.54) is 22.5 Å². The van der Waals surface area contributed by atoms with Crippen molar-refractivity contribution in [3.8, 4) is 22.8 Å². The second kappa shape index (κ2) is 9.72. The summed E-state index contributed by atoms with van der Waals surface area (Å²) >= 11 is 11.9. The van der Waals surface area contributed by atoms with E-state index in [4.69, 9.17) is 32.7 Å². The standard InChI is InChI=1S/C22H22Cl2N4O4S/c1-31-15-3-7-21(32-2)17(13-15)20-6-8-22(26-25-20)27-9-11-28(12-10-27)33(29,30)16-4-5-18(23)19(24)14-16/h3-8,13-14H,9-12H2,1-2H3. The van der Waals surface area contributed by atoms with Crippen LogP contribution < -0.4 is 14.4 Å². The van der Waals surface area contributed by atoms with Gasteiger partial charge in [0, 0.05) is 31.7 Å². The van der Waals surface area contributed by atoms with E-state index in [1.54, 1.807) is 14.2 Å². The number of ether oxygens (including phenoxy) is 2. The molecule has 0 atom stereocenters. The van der Waals surface area contributed by atoms with Crippen LogP contribution in [0.4, 0.5) is 5.82 Å². The van der Waals surface area contributed by atoms with Crippen LogP contribution in [0.1, 0.15) is 0 Å². The summed E-state index contributed by atoms with van der Waals surface area (Å²) in [6.07, 6.45) is 0. The lowest BCUT2D eigenvalue weighted by Crippen LogP contribution is -2.49.